The molecule has 0 bridgehead atoms. The molecule has 1 aromatic carbocycles. The number of carbonyl (C=O) groups is 2. The van der Waals surface area contributed by atoms with E-state index < -0.39 is 0 Å². The number of benzene rings is 1. The number of amides is 1. The van der Waals surface area contributed by atoms with Gasteiger partial charge in [-0.25, -0.2) is 0 Å². The van der Waals surface area contributed by atoms with E-state index in [0.29, 0.717) is 6.42 Å². The third kappa shape index (κ3) is 7.31. The predicted molar refractivity (Wildman–Crippen MR) is 121 cm³/mol. The van der Waals surface area contributed by atoms with E-state index in [1.807, 2.05) is 34.0 Å². The van der Waals surface area contributed by atoms with E-state index in [2.05, 4.69) is 39.2 Å². The number of nitrogens with zero attached hydrogens (tertiary/aromatic N) is 5. The van der Waals surface area contributed by atoms with E-state index in [1.165, 1.54) is 11.1 Å². The van der Waals surface area contributed by atoms with Gasteiger partial charge in [-0.1, -0.05) is 30.3 Å². The molecule has 8 heteroatoms. The van der Waals surface area contributed by atoms with Gasteiger partial charge in [-0.2, -0.15) is 5.10 Å². The van der Waals surface area contributed by atoms with Crippen LogP contribution in [0.25, 0.3) is 0 Å². The first kappa shape index (κ1) is 23.1. The Hall–Kier alpha value is -3.52. The summed E-state index contributed by atoms with van der Waals surface area (Å²) >= 11 is 0. The van der Waals surface area contributed by atoms with Crippen LogP contribution in [0.4, 0.5) is 0 Å². The molecule has 4 rings (SSSR count). The van der Waals surface area contributed by atoms with Crippen molar-refractivity contribution in [2.24, 2.45) is 0 Å². The van der Waals surface area contributed by atoms with Gasteiger partial charge in [0.15, 0.2) is 0 Å². The fourth-order valence-electron chi connectivity index (χ4n) is 3.76. The summed E-state index contributed by atoms with van der Waals surface area (Å²) in [5, 5.41) is 11.1. The van der Waals surface area contributed by atoms with Gasteiger partial charge in [0.2, 0.25) is 5.91 Å². The summed E-state index contributed by atoms with van der Waals surface area (Å²) in [7, 11) is 0. The zero-order valence-corrected chi connectivity index (χ0v) is 18.1. The molecule has 1 fully saturated rings. The number of carbonyl (C=O) groups excluding carboxylic acids is 1. The first-order valence-corrected chi connectivity index (χ1v) is 10.7. The highest BCUT2D eigenvalue weighted by Gasteiger charge is 2.19. The molecule has 0 unspecified atom stereocenters. The van der Waals surface area contributed by atoms with Crippen LogP contribution in [-0.4, -0.2) is 68.2 Å². The molecule has 168 valence electrons. The maximum Gasteiger partial charge on any atom is 0.290 e. The van der Waals surface area contributed by atoms with Gasteiger partial charge in [-0.15, -0.1) is 0 Å². The monoisotopic (exact) mass is 435 g/mol. The van der Waals surface area contributed by atoms with Gasteiger partial charge in [-0.3, -0.25) is 24.2 Å². The number of rotatable bonds is 6. The van der Waals surface area contributed by atoms with Gasteiger partial charge in [0.25, 0.3) is 6.47 Å². The average Bonchev–Trinajstić information content (AvgIpc) is 3.20. The second-order valence-electron chi connectivity index (χ2n) is 7.67. The lowest BCUT2D eigenvalue weighted by Gasteiger charge is -2.22. The Morgan fingerprint density at radius 3 is 2.34 bits per heavy atom. The van der Waals surface area contributed by atoms with Gasteiger partial charge in [0.1, 0.15) is 0 Å². The smallest absolute Gasteiger partial charge is 0.290 e. The second-order valence-corrected chi connectivity index (χ2v) is 7.67. The lowest BCUT2D eigenvalue weighted by molar-refractivity contribution is -0.130. The zero-order valence-electron chi connectivity index (χ0n) is 18.1. The molecular weight excluding hydrogens is 406 g/mol. The molecule has 2 aromatic heterocycles. The van der Waals surface area contributed by atoms with Crippen molar-refractivity contribution < 1.29 is 14.7 Å². The first-order valence-electron chi connectivity index (χ1n) is 10.7. The van der Waals surface area contributed by atoms with E-state index in [0.717, 1.165) is 51.3 Å². The minimum absolute atomic E-state index is 0.197. The van der Waals surface area contributed by atoms with Crippen LogP contribution >= 0.6 is 0 Å². The molecule has 3 heterocycles. The summed E-state index contributed by atoms with van der Waals surface area (Å²) < 4.78 is 1.93. The van der Waals surface area contributed by atoms with Gasteiger partial charge in [0, 0.05) is 57.5 Å². The summed E-state index contributed by atoms with van der Waals surface area (Å²) in [6.07, 6.45) is 8.74. The number of aromatic nitrogens is 3. The van der Waals surface area contributed by atoms with Crippen molar-refractivity contribution in [3.05, 3.63) is 83.9 Å². The number of carboxylic acid groups (broad SMARTS) is 1. The highest BCUT2D eigenvalue weighted by molar-refractivity contribution is 5.78. The van der Waals surface area contributed by atoms with Crippen molar-refractivity contribution in [1.29, 1.82) is 0 Å². The molecule has 8 nitrogen and oxygen atoms in total. The zero-order chi connectivity index (χ0) is 22.6. The molecule has 1 aliphatic heterocycles. The molecule has 3 aromatic rings. The molecule has 1 N–H and O–H groups in total. The Balaban J connectivity index is 0.000000913. The van der Waals surface area contributed by atoms with Crippen LogP contribution in [0.2, 0.25) is 0 Å². The highest BCUT2D eigenvalue weighted by atomic mass is 16.3. The highest BCUT2D eigenvalue weighted by Crippen LogP contribution is 2.12. The van der Waals surface area contributed by atoms with Crippen LogP contribution in [-0.2, 0) is 29.1 Å². The number of hydrogen-bond donors (Lipinski definition) is 1. The predicted octanol–water partition coefficient (Wildman–Crippen LogP) is 2.30. The molecule has 0 saturated carbocycles. The molecule has 32 heavy (non-hydrogen) atoms. The van der Waals surface area contributed by atoms with Crippen molar-refractivity contribution in [1.82, 2.24) is 24.6 Å². The summed E-state index contributed by atoms with van der Waals surface area (Å²) in [6.45, 7) is 5.02. The average molecular weight is 436 g/mol. The van der Waals surface area contributed by atoms with E-state index in [1.54, 1.807) is 18.6 Å². The Morgan fingerprint density at radius 2 is 1.69 bits per heavy atom. The lowest BCUT2D eigenvalue weighted by Crippen LogP contribution is -2.36. The minimum Gasteiger partial charge on any atom is -0.483 e. The van der Waals surface area contributed by atoms with Crippen LogP contribution in [0.1, 0.15) is 23.1 Å². The maximum absolute atomic E-state index is 12.6. The van der Waals surface area contributed by atoms with Crippen molar-refractivity contribution in [2.75, 3.05) is 26.2 Å². The van der Waals surface area contributed by atoms with Crippen LogP contribution in [0.15, 0.2) is 67.3 Å². The summed E-state index contributed by atoms with van der Waals surface area (Å²) in [6, 6.07) is 14.6. The van der Waals surface area contributed by atoms with Crippen molar-refractivity contribution in [3.63, 3.8) is 0 Å². The molecule has 1 saturated heterocycles. The minimum atomic E-state index is -0.250. The number of hydrogen-bond acceptors (Lipinski definition) is 5. The van der Waals surface area contributed by atoms with Gasteiger partial charge < -0.3 is 10.0 Å². The second kappa shape index (κ2) is 12.4. The largest absolute Gasteiger partial charge is 0.483 e. The number of pyridine rings is 1. The molecule has 0 radical (unpaired) electrons. The van der Waals surface area contributed by atoms with Gasteiger partial charge in [-0.05, 0) is 35.2 Å². The van der Waals surface area contributed by atoms with Crippen LogP contribution in [0.5, 0.6) is 0 Å². The Labute approximate surface area is 188 Å². The Morgan fingerprint density at radius 1 is 0.938 bits per heavy atom. The molecular formula is C24H29N5O3. The standard InChI is InChI=1S/C23H27N5O.CH2O2/c29-23(16-22-4-1-9-24-17-22)27-12-3-11-26(14-15-27)18-20-5-7-21(8-6-20)19-28-13-2-10-25-28;2-1-3/h1-2,4-10,13,17H,3,11-12,14-16,18-19H2;1H,(H,2,3). The van der Waals surface area contributed by atoms with Gasteiger partial charge >= 0.3 is 0 Å². The van der Waals surface area contributed by atoms with Gasteiger partial charge in [0.05, 0.1) is 13.0 Å². The van der Waals surface area contributed by atoms with E-state index in [-0.39, 0.29) is 12.4 Å². The van der Waals surface area contributed by atoms with E-state index >= 15 is 0 Å². The fourth-order valence-corrected chi connectivity index (χ4v) is 3.76. The van der Waals surface area contributed by atoms with Crippen molar-refractivity contribution in [2.45, 2.75) is 25.9 Å². The van der Waals surface area contributed by atoms with E-state index in [9.17, 15) is 4.79 Å². The SMILES string of the molecule is O=C(Cc1cccnc1)N1CCCN(Cc2ccc(Cn3cccn3)cc2)CC1.O=CO. The topological polar surface area (TPSA) is 91.6 Å². The first-order chi connectivity index (χ1) is 15.7. The summed E-state index contributed by atoms with van der Waals surface area (Å²) in [5.74, 6) is 0.197. The molecule has 0 atom stereocenters. The lowest BCUT2D eigenvalue weighted by atomic mass is 10.1. The molecule has 0 spiro atoms. The fraction of sp³-hybridized carbons (Fsp3) is 0.333. The Bertz CT molecular complexity index is 946. The summed E-state index contributed by atoms with van der Waals surface area (Å²) in [5.41, 5.74) is 3.54. The Kier molecular flexibility index (Phi) is 8.94. The third-order valence-corrected chi connectivity index (χ3v) is 5.35. The van der Waals surface area contributed by atoms with E-state index in [4.69, 9.17) is 9.90 Å². The molecule has 1 aliphatic rings. The molecule has 1 amide bonds. The third-order valence-electron chi connectivity index (χ3n) is 5.35. The van der Waals surface area contributed by atoms with Crippen LogP contribution < -0.4 is 0 Å². The van der Waals surface area contributed by atoms with Crippen LogP contribution in [0.3, 0.4) is 0 Å². The quantitative estimate of drug-likeness (QED) is 0.598. The summed E-state index contributed by atoms with van der Waals surface area (Å²) in [4.78, 5) is 29.5. The normalized spacial score (nSPS) is 14.2. The van der Waals surface area contributed by atoms with Crippen molar-refractivity contribution >= 4 is 12.4 Å². The maximum atomic E-state index is 12.6. The molecule has 0 aliphatic carbocycles. The van der Waals surface area contributed by atoms with Crippen LogP contribution in [0, 0.1) is 0 Å². The van der Waals surface area contributed by atoms with Crippen molar-refractivity contribution in [3.8, 4) is 0 Å².